The maximum atomic E-state index is 11.9. The highest BCUT2D eigenvalue weighted by molar-refractivity contribution is 9.10. The Kier molecular flexibility index (Phi) is 4.19. The molecule has 17 heavy (non-hydrogen) atoms. The van der Waals surface area contributed by atoms with Crippen molar-refractivity contribution in [3.63, 3.8) is 0 Å². The van der Waals surface area contributed by atoms with Gasteiger partial charge in [0.05, 0.1) is 6.61 Å². The normalized spacial score (nSPS) is 23.9. The van der Waals surface area contributed by atoms with Crippen molar-refractivity contribution in [2.75, 3.05) is 26.9 Å². The van der Waals surface area contributed by atoms with Crippen molar-refractivity contribution >= 4 is 33.2 Å². The van der Waals surface area contributed by atoms with Gasteiger partial charge >= 0.3 is 0 Å². The number of amides is 1. The number of halogens is 1. The van der Waals surface area contributed by atoms with E-state index < -0.39 is 0 Å². The third-order valence-corrected chi connectivity index (χ3v) is 4.73. The summed E-state index contributed by atoms with van der Waals surface area (Å²) in [6.07, 6.45) is 0.815. The van der Waals surface area contributed by atoms with E-state index in [0.717, 1.165) is 10.9 Å². The van der Waals surface area contributed by atoms with Crippen LogP contribution in [0.25, 0.3) is 0 Å². The van der Waals surface area contributed by atoms with Crippen molar-refractivity contribution in [2.45, 2.75) is 12.0 Å². The maximum absolute atomic E-state index is 11.9. The summed E-state index contributed by atoms with van der Waals surface area (Å²) >= 11 is 4.76. The number of ether oxygens (including phenoxy) is 2. The van der Waals surface area contributed by atoms with Crippen LogP contribution in [0.1, 0.15) is 16.1 Å². The molecule has 1 aliphatic heterocycles. The number of hydrogen-bond acceptors (Lipinski definition) is 4. The minimum Gasteiger partial charge on any atom is -0.378 e. The molecular formula is C11H14BrNO3S. The number of rotatable bonds is 4. The van der Waals surface area contributed by atoms with Crippen LogP contribution < -0.4 is 5.32 Å². The summed E-state index contributed by atoms with van der Waals surface area (Å²) in [7, 11) is 1.65. The van der Waals surface area contributed by atoms with Crippen molar-refractivity contribution in [2.24, 2.45) is 0 Å². The van der Waals surface area contributed by atoms with Crippen molar-refractivity contribution in [3.8, 4) is 0 Å². The Hall–Kier alpha value is -0.430. The highest BCUT2D eigenvalue weighted by Gasteiger charge is 2.35. The summed E-state index contributed by atoms with van der Waals surface area (Å²) in [6.45, 7) is 1.70. The van der Waals surface area contributed by atoms with E-state index in [9.17, 15) is 4.79 Å². The maximum Gasteiger partial charge on any atom is 0.262 e. The Bertz CT molecular complexity index is 401. The molecule has 94 valence electrons. The molecule has 0 aromatic carbocycles. The second kappa shape index (κ2) is 5.48. The van der Waals surface area contributed by atoms with E-state index >= 15 is 0 Å². The molecule has 0 saturated carbocycles. The lowest BCUT2D eigenvalue weighted by Crippen LogP contribution is -2.44. The van der Waals surface area contributed by atoms with Gasteiger partial charge in [-0.15, -0.1) is 11.3 Å². The molecular weight excluding hydrogens is 306 g/mol. The zero-order valence-electron chi connectivity index (χ0n) is 9.49. The fraction of sp³-hybridized carbons (Fsp3) is 0.545. The number of hydrogen-bond donors (Lipinski definition) is 1. The van der Waals surface area contributed by atoms with Gasteiger partial charge in [-0.2, -0.15) is 0 Å². The van der Waals surface area contributed by atoms with Gasteiger partial charge in [0.1, 0.15) is 10.5 Å². The molecule has 1 aromatic heterocycles. The van der Waals surface area contributed by atoms with Gasteiger partial charge in [-0.1, -0.05) is 0 Å². The lowest BCUT2D eigenvalue weighted by atomic mass is 10.0. The second-order valence-electron chi connectivity index (χ2n) is 3.97. The SMILES string of the molecule is COC1(CNC(=O)c2sccc2Br)CCOC1. The molecule has 1 saturated heterocycles. The molecule has 0 aliphatic carbocycles. The van der Waals surface area contributed by atoms with E-state index in [1.165, 1.54) is 11.3 Å². The molecule has 1 unspecified atom stereocenters. The van der Waals surface area contributed by atoms with Crippen LogP contribution in [-0.2, 0) is 9.47 Å². The average molecular weight is 320 g/mol. The highest BCUT2D eigenvalue weighted by Crippen LogP contribution is 2.24. The number of carbonyl (C=O) groups excluding carboxylic acids is 1. The summed E-state index contributed by atoms with van der Waals surface area (Å²) in [5.41, 5.74) is -0.362. The monoisotopic (exact) mass is 319 g/mol. The first kappa shape index (κ1) is 13.0. The smallest absolute Gasteiger partial charge is 0.262 e. The van der Waals surface area contributed by atoms with E-state index in [4.69, 9.17) is 9.47 Å². The molecule has 1 aromatic rings. The van der Waals surface area contributed by atoms with Crippen molar-refractivity contribution in [1.82, 2.24) is 5.32 Å². The molecule has 0 spiro atoms. The molecule has 1 aliphatic rings. The Labute approximate surface area is 112 Å². The van der Waals surface area contributed by atoms with Crippen molar-refractivity contribution in [1.29, 1.82) is 0 Å². The van der Waals surface area contributed by atoms with Gasteiger partial charge in [-0.3, -0.25) is 4.79 Å². The van der Waals surface area contributed by atoms with Gasteiger partial charge < -0.3 is 14.8 Å². The van der Waals surface area contributed by atoms with Gasteiger partial charge in [0.2, 0.25) is 0 Å². The van der Waals surface area contributed by atoms with Crippen LogP contribution in [0, 0.1) is 0 Å². The third kappa shape index (κ3) is 2.88. The average Bonchev–Trinajstić information content (AvgIpc) is 2.95. The fourth-order valence-corrected chi connectivity index (χ4v) is 3.21. The van der Waals surface area contributed by atoms with Crippen LogP contribution in [0.3, 0.4) is 0 Å². The first-order chi connectivity index (χ1) is 8.17. The van der Waals surface area contributed by atoms with E-state index in [0.29, 0.717) is 24.6 Å². The molecule has 2 rings (SSSR count). The largest absolute Gasteiger partial charge is 0.378 e. The molecule has 1 amide bonds. The van der Waals surface area contributed by atoms with E-state index in [2.05, 4.69) is 21.2 Å². The lowest BCUT2D eigenvalue weighted by molar-refractivity contribution is -0.0148. The zero-order chi connectivity index (χ0) is 12.3. The molecule has 4 nitrogen and oxygen atoms in total. The van der Waals surface area contributed by atoms with E-state index in [1.54, 1.807) is 7.11 Å². The van der Waals surface area contributed by atoms with Crippen molar-refractivity contribution < 1.29 is 14.3 Å². The quantitative estimate of drug-likeness (QED) is 0.924. The van der Waals surface area contributed by atoms with Crippen LogP contribution in [0.4, 0.5) is 0 Å². The van der Waals surface area contributed by atoms with E-state index in [1.807, 2.05) is 11.4 Å². The van der Waals surface area contributed by atoms with Gasteiger partial charge in [0, 0.05) is 31.2 Å². The first-order valence-corrected chi connectivity index (χ1v) is 6.98. The Balaban J connectivity index is 1.94. The number of thiophene rings is 1. The highest BCUT2D eigenvalue weighted by atomic mass is 79.9. The number of methoxy groups -OCH3 is 1. The second-order valence-corrected chi connectivity index (χ2v) is 5.74. The summed E-state index contributed by atoms with van der Waals surface area (Å²) in [4.78, 5) is 12.6. The van der Waals surface area contributed by atoms with Crippen molar-refractivity contribution in [3.05, 3.63) is 20.8 Å². The molecule has 6 heteroatoms. The standard InChI is InChI=1S/C11H14BrNO3S/c1-15-11(3-4-16-7-11)6-13-10(14)9-8(12)2-5-17-9/h2,5H,3-4,6-7H2,1H3,(H,13,14). The summed E-state index contributed by atoms with van der Waals surface area (Å²) < 4.78 is 11.6. The van der Waals surface area contributed by atoms with Gasteiger partial charge in [0.25, 0.3) is 5.91 Å². The Morgan fingerprint density at radius 3 is 3.12 bits per heavy atom. The Morgan fingerprint density at radius 2 is 2.59 bits per heavy atom. The molecule has 1 N–H and O–H groups in total. The predicted molar refractivity (Wildman–Crippen MR) is 69.5 cm³/mol. The number of nitrogens with one attached hydrogen (secondary N) is 1. The Morgan fingerprint density at radius 1 is 1.76 bits per heavy atom. The first-order valence-electron chi connectivity index (χ1n) is 5.31. The predicted octanol–water partition coefficient (Wildman–Crippen LogP) is 2.05. The molecule has 0 bridgehead atoms. The summed E-state index contributed by atoms with van der Waals surface area (Å²) in [5, 5.41) is 4.77. The van der Waals surface area contributed by atoms with Gasteiger partial charge in [0.15, 0.2) is 0 Å². The van der Waals surface area contributed by atoms with Crippen LogP contribution >= 0.6 is 27.3 Å². The summed E-state index contributed by atoms with van der Waals surface area (Å²) in [5.74, 6) is -0.0739. The molecule has 2 heterocycles. The third-order valence-electron chi connectivity index (χ3n) is 2.89. The summed E-state index contributed by atoms with van der Waals surface area (Å²) in [6, 6.07) is 1.87. The minimum absolute atomic E-state index is 0.0739. The van der Waals surface area contributed by atoms with Crippen LogP contribution in [0.2, 0.25) is 0 Å². The van der Waals surface area contributed by atoms with Crippen LogP contribution in [0.5, 0.6) is 0 Å². The van der Waals surface area contributed by atoms with E-state index in [-0.39, 0.29) is 11.5 Å². The lowest BCUT2D eigenvalue weighted by Gasteiger charge is -2.25. The minimum atomic E-state index is -0.362. The van der Waals surface area contributed by atoms with Crippen LogP contribution in [-0.4, -0.2) is 38.4 Å². The number of carbonyl (C=O) groups is 1. The fourth-order valence-electron chi connectivity index (χ4n) is 1.74. The molecule has 1 atom stereocenters. The molecule has 1 fully saturated rings. The van der Waals surface area contributed by atoms with Gasteiger partial charge in [-0.25, -0.2) is 0 Å². The molecule has 0 radical (unpaired) electrons. The zero-order valence-corrected chi connectivity index (χ0v) is 11.9. The topological polar surface area (TPSA) is 47.6 Å². The van der Waals surface area contributed by atoms with Gasteiger partial charge in [-0.05, 0) is 27.4 Å². The van der Waals surface area contributed by atoms with Crippen LogP contribution in [0.15, 0.2) is 15.9 Å².